The normalized spacial score (nSPS) is 21.5. The van der Waals surface area contributed by atoms with Crippen molar-refractivity contribution in [3.05, 3.63) is 0 Å². The van der Waals surface area contributed by atoms with Crippen LogP contribution in [-0.2, 0) is 9.53 Å². The second-order valence-electron chi connectivity index (χ2n) is 6.31. The molecule has 3 N–H and O–H groups in total. The lowest BCUT2D eigenvalue weighted by atomic mass is 9.91. The van der Waals surface area contributed by atoms with Crippen molar-refractivity contribution in [2.45, 2.75) is 57.7 Å². The molecule has 1 aliphatic carbocycles. The van der Waals surface area contributed by atoms with Gasteiger partial charge in [-0.05, 0) is 53.0 Å². The Morgan fingerprint density at radius 2 is 2.10 bits per heavy atom. The number of rotatable bonds is 10. The predicted octanol–water partition coefficient (Wildman–Crippen LogP) is 0.975. The highest BCUT2D eigenvalue weighted by Gasteiger charge is 2.37. The van der Waals surface area contributed by atoms with Gasteiger partial charge in [0.1, 0.15) is 0 Å². The van der Waals surface area contributed by atoms with Crippen LogP contribution in [0.3, 0.4) is 0 Å². The van der Waals surface area contributed by atoms with E-state index in [4.69, 9.17) is 10.5 Å². The summed E-state index contributed by atoms with van der Waals surface area (Å²) >= 11 is 0. The molecule has 118 valence electrons. The van der Waals surface area contributed by atoms with Crippen molar-refractivity contribution in [2.75, 3.05) is 27.3 Å². The van der Waals surface area contributed by atoms with E-state index >= 15 is 0 Å². The van der Waals surface area contributed by atoms with E-state index in [0.29, 0.717) is 19.1 Å². The van der Waals surface area contributed by atoms with Crippen LogP contribution in [0.25, 0.3) is 0 Å². The first kappa shape index (κ1) is 17.4. The van der Waals surface area contributed by atoms with Crippen LogP contribution >= 0.6 is 0 Å². The van der Waals surface area contributed by atoms with Gasteiger partial charge >= 0.3 is 0 Å². The molecular formula is C15H31N3O2. The lowest BCUT2D eigenvalue weighted by molar-refractivity contribution is -0.124. The molecule has 3 atom stereocenters. The molecule has 1 rings (SSSR count). The summed E-state index contributed by atoms with van der Waals surface area (Å²) in [7, 11) is 3.52. The maximum atomic E-state index is 11.7. The van der Waals surface area contributed by atoms with Crippen LogP contribution < -0.4 is 11.1 Å². The fourth-order valence-corrected chi connectivity index (χ4v) is 2.91. The lowest BCUT2D eigenvalue weighted by Gasteiger charge is -2.38. The Morgan fingerprint density at radius 3 is 2.50 bits per heavy atom. The van der Waals surface area contributed by atoms with Crippen LogP contribution in [0.5, 0.6) is 0 Å². The van der Waals surface area contributed by atoms with Crippen molar-refractivity contribution in [3.63, 3.8) is 0 Å². The van der Waals surface area contributed by atoms with Gasteiger partial charge in [0.15, 0.2) is 0 Å². The minimum Gasteiger partial charge on any atom is -0.383 e. The maximum absolute atomic E-state index is 11.7. The number of nitrogens with two attached hydrogens (primary N) is 1. The molecule has 1 amide bonds. The number of primary amides is 1. The average Bonchev–Trinajstić information content (AvgIpc) is 3.22. The van der Waals surface area contributed by atoms with Gasteiger partial charge in [0.25, 0.3) is 0 Å². The standard InChI is InChI=1S/C15H31N3O2/c1-11(10-15(3,17-4)14(16)19)18(8-9-20-5)12(2)13-6-7-13/h11-13,17H,6-10H2,1-5H3,(H2,16,19). The number of ether oxygens (including phenoxy) is 1. The van der Waals surface area contributed by atoms with Gasteiger partial charge in [-0.25, -0.2) is 0 Å². The molecule has 1 saturated carbocycles. The molecule has 1 aliphatic rings. The second kappa shape index (κ2) is 7.38. The van der Waals surface area contributed by atoms with Crippen LogP contribution in [0.1, 0.15) is 40.0 Å². The minimum atomic E-state index is -0.659. The largest absolute Gasteiger partial charge is 0.383 e. The van der Waals surface area contributed by atoms with Gasteiger partial charge < -0.3 is 15.8 Å². The number of likely N-dealkylation sites (N-methyl/N-ethyl adjacent to an activating group) is 1. The zero-order valence-electron chi connectivity index (χ0n) is 13.6. The first-order valence-corrected chi connectivity index (χ1v) is 7.59. The zero-order chi connectivity index (χ0) is 15.3. The van der Waals surface area contributed by atoms with Crippen molar-refractivity contribution in [1.82, 2.24) is 10.2 Å². The minimum absolute atomic E-state index is 0.283. The van der Waals surface area contributed by atoms with Gasteiger partial charge in [0, 0.05) is 25.7 Å². The molecule has 0 heterocycles. The lowest BCUT2D eigenvalue weighted by Crippen LogP contribution is -2.56. The van der Waals surface area contributed by atoms with E-state index < -0.39 is 5.54 Å². The number of hydrogen-bond acceptors (Lipinski definition) is 4. The molecule has 0 aromatic rings. The third kappa shape index (κ3) is 4.43. The highest BCUT2D eigenvalue weighted by atomic mass is 16.5. The summed E-state index contributed by atoms with van der Waals surface area (Å²) in [6.45, 7) is 7.95. The molecule has 1 fully saturated rings. The fraction of sp³-hybridized carbons (Fsp3) is 0.933. The molecule has 0 radical (unpaired) electrons. The number of carbonyl (C=O) groups excluding carboxylic acids is 1. The number of carbonyl (C=O) groups is 1. The van der Waals surface area contributed by atoms with E-state index in [9.17, 15) is 4.79 Å². The first-order chi connectivity index (χ1) is 9.35. The first-order valence-electron chi connectivity index (χ1n) is 7.59. The van der Waals surface area contributed by atoms with Gasteiger partial charge in [0.05, 0.1) is 12.1 Å². The quantitative estimate of drug-likeness (QED) is 0.628. The van der Waals surface area contributed by atoms with Crippen LogP contribution in [-0.4, -0.2) is 55.7 Å². The zero-order valence-corrected chi connectivity index (χ0v) is 13.6. The van der Waals surface area contributed by atoms with E-state index in [1.165, 1.54) is 12.8 Å². The van der Waals surface area contributed by atoms with E-state index in [2.05, 4.69) is 24.1 Å². The molecule has 0 saturated heterocycles. The van der Waals surface area contributed by atoms with Crippen molar-refractivity contribution in [1.29, 1.82) is 0 Å². The number of nitrogens with one attached hydrogen (secondary N) is 1. The molecule has 0 aromatic carbocycles. The van der Waals surface area contributed by atoms with Gasteiger partial charge in [-0.2, -0.15) is 0 Å². The summed E-state index contributed by atoms with van der Waals surface area (Å²) in [5.41, 5.74) is 4.87. The van der Waals surface area contributed by atoms with Crippen molar-refractivity contribution < 1.29 is 9.53 Å². The number of methoxy groups -OCH3 is 1. The third-order valence-electron chi connectivity index (χ3n) is 4.75. The topological polar surface area (TPSA) is 67.6 Å². The Labute approximate surface area is 123 Å². The van der Waals surface area contributed by atoms with Gasteiger partial charge in [-0.15, -0.1) is 0 Å². The summed E-state index contributed by atoms with van der Waals surface area (Å²) in [6, 6.07) is 0.819. The van der Waals surface area contributed by atoms with Crippen molar-refractivity contribution >= 4 is 5.91 Å². The summed E-state index contributed by atoms with van der Waals surface area (Å²) in [5.74, 6) is 0.501. The third-order valence-corrected chi connectivity index (χ3v) is 4.75. The summed E-state index contributed by atoms with van der Waals surface area (Å²) < 4.78 is 5.23. The summed E-state index contributed by atoms with van der Waals surface area (Å²) in [6.07, 6.45) is 3.34. The van der Waals surface area contributed by atoms with E-state index in [1.807, 2.05) is 6.92 Å². The highest BCUT2D eigenvalue weighted by Crippen LogP contribution is 2.36. The average molecular weight is 285 g/mol. The van der Waals surface area contributed by atoms with Gasteiger partial charge in [0.2, 0.25) is 5.91 Å². The number of hydrogen-bond donors (Lipinski definition) is 2. The molecule has 0 bridgehead atoms. The molecular weight excluding hydrogens is 254 g/mol. The molecule has 5 nitrogen and oxygen atoms in total. The fourth-order valence-electron chi connectivity index (χ4n) is 2.91. The second-order valence-corrected chi connectivity index (χ2v) is 6.31. The monoisotopic (exact) mass is 285 g/mol. The molecule has 0 aromatic heterocycles. The van der Waals surface area contributed by atoms with Crippen molar-refractivity contribution in [3.8, 4) is 0 Å². The van der Waals surface area contributed by atoms with E-state index in [0.717, 1.165) is 12.5 Å². The maximum Gasteiger partial charge on any atom is 0.237 e. The summed E-state index contributed by atoms with van der Waals surface area (Å²) in [5, 5.41) is 3.07. The van der Waals surface area contributed by atoms with Crippen molar-refractivity contribution in [2.24, 2.45) is 11.7 Å². The molecule has 5 heteroatoms. The van der Waals surface area contributed by atoms with Gasteiger partial charge in [-0.3, -0.25) is 9.69 Å². The Kier molecular flexibility index (Phi) is 6.43. The molecule has 20 heavy (non-hydrogen) atoms. The van der Waals surface area contributed by atoms with Crippen LogP contribution in [0.15, 0.2) is 0 Å². The predicted molar refractivity (Wildman–Crippen MR) is 81.5 cm³/mol. The van der Waals surface area contributed by atoms with Crippen LogP contribution in [0.4, 0.5) is 0 Å². The molecule has 0 aliphatic heterocycles. The van der Waals surface area contributed by atoms with Gasteiger partial charge in [-0.1, -0.05) is 0 Å². The SMILES string of the molecule is CNC(C)(CC(C)N(CCOC)C(C)C1CC1)C(N)=O. The van der Waals surface area contributed by atoms with Crippen LogP contribution in [0, 0.1) is 5.92 Å². The molecule has 0 spiro atoms. The van der Waals surface area contributed by atoms with E-state index in [1.54, 1.807) is 14.2 Å². The number of amides is 1. The Hall–Kier alpha value is -0.650. The molecule has 3 unspecified atom stereocenters. The Morgan fingerprint density at radius 1 is 1.50 bits per heavy atom. The van der Waals surface area contributed by atoms with Crippen LogP contribution in [0.2, 0.25) is 0 Å². The smallest absolute Gasteiger partial charge is 0.237 e. The Balaban J connectivity index is 2.70. The van der Waals surface area contributed by atoms with E-state index in [-0.39, 0.29) is 11.9 Å². The highest BCUT2D eigenvalue weighted by molar-refractivity contribution is 5.84. The Bertz CT molecular complexity index is 320. The summed E-state index contributed by atoms with van der Waals surface area (Å²) in [4.78, 5) is 14.1. The number of nitrogens with zero attached hydrogens (tertiary/aromatic N) is 1.